The van der Waals surface area contributed by atoms with Gasteiger partial charge in [0.1, 0.15) is 12.4 Å². The first-order valence-corrected chi connectivity index (χ1v) is 7.40. The summed E-state index contributed by atoms with van der Waals surface area (Å²) in [5, 5.41) is 0. The summed E-state index contributed by atoms with van der Waals surface area (Å²) in [5.41, 5.74) is 7.10. The lowest BCUT2D eigenvalue weighted by molar-refractivity contribution is 0.0180. The van der Waals surface area contributed by atoms with Gasteiger partial charge in [-0.05, 0) is 24.1 Å². The van der Waals surface area contributed by atoms with Crippen molar-refractivity contribution in [2.24, 2.45) is 5.73 Å². The van der Waals surface area contributed by atoms with Gasteiger partial charge in [-0.15, -0.1) is 0 Å². The van der Waals surface area contributed by atoms with Crippen molar-refractivity contribution in [2.75, 3.05) is 46.8 Å². The molecule has 1 aromatic carbocycles. The molecular formula is C16H27NO4. The van der Waals surface area contributed by atoms with Crippen molar-refractivity contribution in [1.29, 1.82) is 0 Å². The van der Waals surface area contributed by atoms with Gasteiger partial charge in [-0.1, -0.05) is 19.1 Å². The maximum absolute atomic E-state index is 5.96. The van der Waals surface area contributed by atoms with E-state index >= 15 is 0 Å². The van der Waals surface area contributed by atoms with Gasteiger partial charge >= 0.3 is 0 Å². The minimum atomic E-state index is 0.0977. The molecule has 0 saturated heterocycles. The smallest absolute Gasteiger partial charge is 0.119 e. The molecule has 120 valence electrons. The summed E-state index contributed by atoms with van der Waals surface area (Å²) in [4.78, 5) is 0. The maximum Gasteiger partial charge on any atom is 0.119 e. The van der Waals surface area contributed by atoms with Crippen molar-refractivity contribution in [1.82, 2.24) is 0 Å². The lowest BCUT2D eigenvalue weighted by Gasteiger charge is -2.11. The second-order valence-corrected chi connectivity index (χ2v) is 4.65. The molecule has 0 heterocycles. The number of benzene rings is 1. The molecule has 0 spiro atoms. The van der Waals surface area contributed by atoms with Crippen LogP contribution >= 0.6 is 0 Å². The molecule has 0 aliphatic rings. The van der Waals surface area contributed by atoms with Crippen LogP contribution in [0.1, 0.15) is 24.9 Å². The van der Waals surface area contributed by atoms with Gasteiger partial charge in [-0.2, -0.15) is 0 Å². The Morgan fingerprint density at radius 1 is 0.905 bits per heavy atom. The molecular weight excluding hydrogens is 270 g/mol. The highest BCUT2D eigenvalue weighted by Gasteiger charge is 2.02. The summed E-state index contributed by atoms with van der Waals surface area (Å²) in [6, 6.07) is 8.00. The van der Waals surface area contributed by atoms with E-state index in [2.05, 4.69) is 6.92 Å². The van der Waals surface area contributed by atoms with E-state index in [9.17, 15) is 0 Å². The third kappa shape index (κ3) is 8.02. The molecule has 0 amide bonds. The van der Waals surface area contributed by atoms with Crippen LogP contribution < -0.4 is 10.5 Å². The number of nitrogens with two attached hydrogens (primary N) is 1. The highest BCUT2D eigenvalue weighted by atomic mass is 16.6. The van der Waals surface area contributed by atoms with Crippen LogP contribution in [0.5, 0.6) is 5.75 Å². The number of rotatable bonds is 12. The van der Waals surface area contributed by atoms with Gasteiger partial charge in [0.05, 0.1) is 33.0 Å². The Bertz CT molecular complexity index is 356. The van der Waals surface area contributed by atoms with Crippen molar-refractivity contribution in [3.05, 3.63) is 29.8 Å². The first-order chi connectivity index (χ1) is 10.3. The summed E-state index contributed by atoms with van der Waals surface area (Å²) in [6.45, 7) is 5.50. The fourth-order valence-electron chi connectivity index (χ4n) is 1.73. The average molecular weight is 297 g/mol. The molecule has 0 radical (unpaired) electrons. The van der Waals surface area contributed by atoms with E-state index in [0.717, 1.165) is 17.7 Å². The Morgan fingerprint density at radius 2 is 1.48 bits per heavy atom. The number of methoxy groups -OCH3 is 1. The van der Waals surface area contributed by atoms with Crippen LogP contribution in [0.15, 0.2) is 24.3 Å². The zero-order valence-electron chi connectivity index (χ0n) is 13.0. The predicted octanol–water partition coefficient (Wildman–Crippen LogP) is 2.15. The minimum absolute atomic E-state index is 0.0977. The van der Waals surface area contributed by atoms with E-state index in [-0.39, 0.29) is 6.04 Å². The molecule has 0 aliphatic heterocycles. The van der Waals surface area contributed by atoms with Gasteiger partial charge in [0.15, 0.2) is 0 Å². The Morgan fingerprint density at radius 3 is 2.05 bits per heavy atom. The lowest BCUT2D eigenvalue weighted by atomic mass is 10.1. The highest BCUT2D eigenvalue weighted by Crippen LogP contribution is 2.18. The molecule has 0 aromatic heterocycles. The molecule has 5 heteroatoms. The first kappa shape index (κ1) is 17.9. The van der Waals surface area contributed by atoms with E-state index in [1.165, 1.54) is 0 Å². The molecule has 5 nitrogen and oxygen atoms in total. The summed E-state index contributed by atoms with van der Waals surface area (Å²) in [6.07, 6.45) is 0.931. The SMILES string of the molecule is CC[C@@H](N)c1ccc(OCCOCCOCCOC)cc1. The van der Waals surface area contributed by atoms with Crippen LogP contribution in [-0.4, -0.2) is 46.8 Å². The van der Waals surface area contributed by atoms with Gasteiger partial charge in [-0.3, -0.25) is 0 Å². The van der Waals surface area contributed by atoms with Crippen molar-refractivity contribution in [2.45, 2.75) is 19.4 Å². The number of hydrogen-bond acceptors (Lipinski definition) is 5. The van der Waals surface area contributed by atoms with Crippen LogP contribution in [0.3, 0.4) is 0 Å². The standard InChI is InChI=1S/C16H27NO4/c1-3-16(17)14-4-6-15(7-5-14)21-13-12-20-11-10-19-9-8-18-2/h4-7,16H,3,8-13,17H2,1-2H3/t16-/m1/s1. The topological polar surface area (TPSA) is 62.9 Å². The normalized spacial score (nSPS) is 12.3. The Labute approximate surface area is 127 Å². The first-order valence-electron chi connectivity index (χ1n) is 7.40. The molecule has 1 rings (SSSR count). The zero-order valence-corrected chi connectivity index (χ0v) is 13.0. The van der Waals surface area contributed by atoms with Gasteiger partial charge in [0.2, 0.25) is 0 Å². The third-order valence-electron chi connectivity index (χ3n) is 3.05. The van der Waals surface area contributed by atoms with Crippen molar-refractivity contribution >= 4 is 0 Å². The summed E-state index contributed by atoms with van der Waals surface area (Å²) in [5.74, 6) is 0.835. The van der Waals surface area contributed by atoms with Crippen LogP contribution in [-0.2, 0) is 14.2 Å². The monoisotopic (exact) mass is 297 g/mol. The molecule has 0 saturated carbocycles. The predicted molar refractivity (Wildman–Crippen MR) is 82.7 cm³/mol. The molecule has 1 aromatic rings. The lowest BCUT2D eigenvalue weighted by Crippen LogP contribution is -2.12. The molecule has 0 fully saturated rings. The highest BCUT2D eigenvalue weighted by molar-refractivity contribution is 5.28. The molecule has 0 aliphatic carbocycles. The Balaban J connectivity index is 2.05. The fourth-order valence-corrected chi connectivity index (χ4v) is 1.73. The van der Waals surface area contributed by atoms with Gasteiger partial charge < -0.3 is 24.7 Å². The Hall–Kier alpha value is -1.14. The van der Waals surface area contributed by atoms with Crippen molar-refractivity contribution in [3.63, 3.8) is 0 Å². The van der Waals surface area contributed by atoms with Gasteiger partial charge in [0, 0.05) is 13.2 Å². The molecule has 1 atom stereocenters. The van der Waals surface area contributed by atoms with Crippen LogP contribution in [0.2, 0.25) is 0 Å². The summed E-state index contributed by atoms with van der Waals surface area (Å²) >= 11 is 0. The van der Waals surface area contributed by atoms with E-state index < -0.39 is 0 Å². The third-order valence-corrected chi connectivity index (χ3v) is 3.05. The molecule has 0 bridgehead atoms. The second-order valence-electron chi connectivity index (χ2n) is 4.65. The summed E-state index contributed by atoms with van der Waals surface area (Å²) in [7, 11) is 1.65. The zero-order chi connectivity index (χ0) is 15.3. The second kappa shape index (κ2) is 11.5. The van der Waals surface area contributed by atoms with E-state index in [1.807, 2.05) is 24.3 Å². The largest absolute Gasteiger partial charge is 0.491 e. The van der Waals surface area contributed by atoms with Crippen LogP contribution in [0, 0.1) is 0 Å². The van der Waals surface area contributed by atoms with Crippen LogP contribution in [0.25, 0.3) is 0 Å². The van der Waals surface area contributed by atoms with Gasteiger partial charge in [-0.25, -0.2) is 0 Å². The molecule has 21 heavy (non-hydrogen) atoms. The Kier molecular flexibility index (Phi) is 9.82. The number of ether oxygens (including phenoxy) is 4. The van der Waals surface area contributed by atoms with E-state index in [0.29, 0.717) is 39.6 Å². The molecule has 0 unspecified atom stereocenters. The van der Waals surface area contributed by atoms with Crippen molar-refractivity contribution in [3.8, 4) is 5.75 Å². The van der Waals surface area contributed by atoms with E-state index in [4.69, 9.17) is 24.7 Å². The quantitative estimate of drug-likeness (QED) is 0.599. The summed E-state index contributed by atoms with van der Waals surface area (Å²) < 4.78 is 21.2. The average Bonchev–Trinajstić information content (AvgIpc) is 2.53. The van der Waals surface area contributed by atoms with Crippen LogP contribution in [0.4, 0.5) is 0 Å². The maximum atomic E-state index is 5.96. The fraction of sp³-hybridized carbons (Fsp3) is 0.625. The van der Waals surface area contributed by atoms with Gasteiger partial charge in [0.25, 0.3) is 0 Å². The number of hydrogen-bond donors (Lipinski definition) is 1. The minimum Gasteiger partial charge on any atom is -0.491 e. The van der Waals surface area contributed by atoms with Crippen molar-refractivity contribution < 1.29 is 18.9 Å². The molecule has 2 N–H and O–H groups in total. The van der Waals surface area contributed by atoms with E-state index in [1.54, 1.807) is 7.11 Å².